The fourth-order valence-electron chi connectivity index (χ4n) is 3.03. The van der Waals surface area contributed by atoms with E-state index < -0.39 is 0 Å². The van der Waals surface area contributed by atoms with Crippen molar-refractivity contribution in [3.8, 4) is 6.07 Å². The lowest BCUT2D eigenvalue weighted by Gasteiger charge is -2.22. The van der Waals surface area contributed by atoms with E-state index in [1.807, 2.05) is 18.2 Å². The lowest BCUT2D eigenvalue weighted by molar-refractivity contribution is 0.102. The Morgan fingerprint density at radius 3 is 3.00 bits per heavy atom. The summed E-state index contributed by atoms with van der Waals surface area (Å²) < 4.78 is 5.86. The van der Waals surface area contributed by atoms with Crippen LogP contribution in [-0.2, 0) is 4.74 Å². The van der Waals surface area contributed by atoms with Gasteiger partial charge in [0.1, 0.15) is 6.07 Å². The Balaban J connectivity index is 1.81. The maximum atomic E-state index is 9.40. The Bertz CT molecular complexity index is 511. The Kier molecular flexibility index (Phi) is 3.67. The molecule has 3 atom stereocenters. The number of ether oxygens (including phenoxy) is 1. The smallest absolute Gasteiger partial charge is 0.102 e. The average Bonchev–Trinajstić information content (AvgIpc) is 3.02. The minimum atomic E-state index is 0.332. The fourth-order valence-corrected chi connectivity index (χ4v) is 3.82. The molecular formula is C15H18N2OS. The van der Waals surface area contributed by atoms with Gasteiger partial charge in [0.15, 0.2) is 0 Å². The van der Waals surface area contributed by atoms with Crippen LogP contribution in [0.5, 0.6) is 0 Å². The van der Waals surface area contributed by atoms with E-state index in [0.29, 0.717) is 18.2 Å². The molecule has 4 heteroatoms. The molecule has 0 radical (unpaired) electrons. The molecule has 2 aliphatic rings. The van der Waals surface area contributed by atoms with E-state index in [1.165, 1.54) is 6.42 Å². The van der Waals surface area contributed by atoms with Crippen molar-refractivity contribution in [2.24, 2.45) is 0 Å². The molecule has 0 saturated carbocycles. The van der Waals surface area contributed by atoms with Crippen LogP contribution in [0.4, 0.5) is 5.69 Å². The highest BCUT2D eigenvalue weighted by molar-refractivity contribution is 7.99. The highest BCUT2D eigenvalue weighted by Crippen LogP contribution is 2.37. The van der Waals surface area contributed by atoms with Crippen LogP contribution in [0.25, 0.3) is 0 Å². The number of anilines is 1. The van der Waals surface area contributed by atoms with Gasteiger partial charge in [-0.1, -0.05) is 13.0 Å². The first-order chi connectivity index (χ1) is 9.31. The van der Waals surface area contributed by atoms with Gasteiger partial charge in [-0.05, 0) is 37.1 Å². The quantitative estimate of drug-likeness (QED) is 0.855. The van der Waals surface area contributed by atoms with E-state index in [9.17, 15) is 5.26 Å². The Hall–Kier alpha value is -1.18. The highest BCUT2D eigenvalue weighted by atomic mass is 32.2. The van der Waals surface area contributed by atoms with Crippen LogP contribution >= 0.6 is 11.8 Å². The molecule has 0 spiro atoms. The zero-order chi connectivity index (χ0) is 13.2. The van der Waals surface area contributed by atoms with Crippen molar-refractivity contribution in [1.29, 1.82) is 5.26 Å². The number of benzene rings is 1. The molecule has 0 amide bonds. The van der Waals surface area contributed by atoms with E-state index in [1.54, 1.807) is 11.8 Å². The number of hydrogen-bond donors (Lipinski definition) is 1. The minimum absolute atomic E-state index is 0.332. The van der Waals surface area contributed by atoms with Crippen LogP contribution < -0.4 is 5.32 Å². The lowest BCUT2D eigenvalue weighted by Crippen LogP contribution is -2.30. The predicted molar refractivity (Wildman–Crippen MR) is 77.5 cm³/mol. The molecule has 1 aromatic rings. The number of nitrogens with zero attached hydrogens (tertiary/aromatic N) is 1. The van der Waals surface area contributed by atoms with Crippen molar-refractivity contribution >= 4 is 17.4 Å². The van der Waals surface area contributed by atoms with Gasteiger partial charge >= 0.3 is 0 Å². The molecule has 3 unspecified atom stereocenters. The summed E-state index contributed by atoms with van der Waals surface area (Å²) in [6.07, 6.45) is 4.17. The molecule has 2 heterocycles. The van der Waals surface area contributed by atoms with Crippen molar-refractivity contribution in [2.45, 2.75) is 49.3 Å². The number of nitriles is 1. The summed E-state index contributed by atoms with van der Waals surface area (Å²) in [5.74, 6) is 0.982. The maximum absolute atomic E-state index is 9.40. The third-order valence-electron chi connectivity index (χ3n) is 3.88. The molecule has 19 heavy (non-hydrogen) atoms. The number of rotatable bonds is 4. The van der Waals surface area contributed by atoms with Gasteiger partial charge in [-0.3, -0.25) is 0 Å². The van der Waals surface area contributed by atoms with Gasteiger partial charge in [0, 0.05) is 4.90 Å². The van der Waals surface area contributed by atoms with Crippen LogP contribution in [0, 0.1) is 11.3 Å². The summed E-state index contributed by atoms with van der Waals surface area (Å²) in [6, 6.07) is 8.76. The van der Waals surface area contributed by atoms with Gasteiger partial charge in [0.05, 0.1) is 29.5 Å². The topological polar surface area (TPSA) is 45.0 Å². The molecule has 1 aromatic carbocycles. The molecule has 2 saturated heterocycles. The van der Waals surface area contributed by atoms with Gasteiger partial charge in [-0.15, -0.1) is 11.8 Å². The van der Waals surface area contributed by atoms with Gasteiger partial charge in [0.25, 0.3) is 0 Å². The summed E-state index contributed by atoms with van der Waals surface area (Å²) in [5, 5.41) is 12.9. The first-order valence-electron chi connectivity index (χ1n) is 6.89. The normalized spacial score (nSPS) is 28.3. The fraction of sp³-hybridized carbons (Fsp3) is 0.533. The second kappa shape index (κ2) is 5.44. The van der Waals surface area contributed by atoms with Crippen LogP contribution in [0.15, 0.2) is 23.1 Å². The van der Waals surface area contributed by atoms with E-state index in [0.717, 1.165) is 34.7 Å². The van der Waals surface area contributed by atoms with Crippen molar-refractivity contribution in [3.63, 3.8) is 0 Å². The molecule has 3 nitrogen and oxygen atoms in total. The highest BCUT2D eigenvalue weighted by Gasteiger charge is 2.40. The number of thioether (sulfide) groups is 1. The number of hydrogen-bond acceptors (Lipinski definition) is 4. The molecule has 2 aliphatic heterocycles. The molecule has 3 rings (SSSR count). The van der Waals surface area contributed by atoms with E-state index in [4.69, 9.17) is 4.74 Å². The van der Waals surface area contributed by atoms with Crippen molar-refractivity contribution in [2.75, 3.05) is 11.1 Å². The Labute approximate surface area is 118 Å². The van der Waals surface area contributed by atoms with Gasteiger partial charge < -0.3 is 10.1 Å². The SMILES string of the molecule is CCSc1cccc(NC2CC3CCC2O3)c1C#N. The first-order valence-corrected chi connectivity index (χ1v) is 7.88. The summed E-state index contributed by atoms with van der Waals surface area (Å²) in [4.78, 5) is 1.07. The van der Waals surface area contributed by atoms with Crippen molar-refractivity contribution in [1.82, 2.24) is 0 Å². The molecule has 2 fully saturated rings. The molecule has 1 N–H and O–H groups in total. The van der Waals surface area contributed by atoms with Crippen LogP contribution in [-0.4, -0.2) is 24.0 Å². The molecular weight excluding hydrogens is 256 g/mol. The zero-order valence-corrected chi connectivity index (χ0v) is 11.9. The average molecular weight is 274 g/mol. The van der Waals surface area contributed by atoms with E-state index >= 15 is 0 Å². The van der Waals surface area contributed by atoms with Gasteiger partial charge in [-0.25, -0.2) is 0 Å². The monoisotopic (exact) mass is 274 g/mol. The minimum Gasteiger partial charge on any atom is -0.378 e. The largest absolute Gasteiger partial charge is 0.378 e. The van der Waals surface area contributed by atoms with Gasteiger partial charge in [-0.2, -0.15) is 5.26 Å². The first kappa shape index (κ1) is 12.8. The van der Waals surface area contributed by atoms with E-state index in [-0.39, 0.29) is 0 Å². The zero-order valence-electron chi connectivity index (χ0n) is 11.1. The summed E-state index contributed by atoms with van der Waals surface area (Å²) >= 11 is 1.72. The number of nitrogens with one attached hydrogen (secondary N) is 1. The molecule has 100 valence electrons. The molecule has 0 aromatic heterocycles. The van der Waals surface area contributed by atoms with E-state index in [2.05, 4.69) is 18.3 Å². The second-order valence-electron chi connectivity index (χ2n) is 5.08. The third-order valence-corrected chi connectivity index (χ3v) is 4.82. The Morgan fingerprint density at radius 1 is 1.47 bits per heavy atom. The van der Waals surface area contributed by atoms with Crippen LogP contribution in [0.1, 0.15) is 31.7 Å². The standard InChI is InChI=1S/C15H18N2OS/c1-2-19-15-5-3-4-12(11(15)9-16)17-13-8-10-6-7-14(13)18-10/h3-5,10,13-14,17H,2,6-8H2,1H3. The van der Waals surface area contributed by atoms with Crippen molar-refractivity contribution in [3.05, 3.63) is 23.8 Å². The molecule has 2 bridgehead atoms. The predicted octanol–water partition coefficient (Wildman–Crippen LogP) is 3.40. The third kappa shape index (κ3) is 2.45. The summed E-state index contributed by atoms with van der Waals surface area (Å²) in [5.41, 5.74) is 1.74. The lowest BCUT2D eigenvalue weighted by atomic mass is 9.95. The van der Waals surface area contributed by atoms with Crippen LogP contribution in [0.3, 0.4) is 0 Å². The summed E-state index contributed by atoms with van der Waals surface area (Å²) in [7, 11) is 0. The van der Waals surface area contributed by atoms with Crippen LogP contribution in [0.2, 0.25) is 0 Å². The van der Waals surface area contributed by atoms with Crippen molar-refractivity contribution < 1.29 is 4.74 Å². The second-order valence-corrected chi connectivity index (χ2v) is 6.39. The Morgan fingerprint density at radius 2 is 2.37 bits per heavy atom. The summed E-state index contributed by atoms with van der Waals surface area (Å²) in [6.45, 7) is 2.11. The maximum Gasteiger partial charge on any atom is 0.102 e. The molecule has 0 aliphatic carbocycles. The van der Waals surface area contributed by atoms with Gasteiger partial charge in [0.2, 0.25) is 0 Å². The number of fused-ring (bicyclic) bond motifs is 2.